The van der Waals surface area contributed by atoms with E-state index >= 15 is 0 Å². The molecule has 4 heterocycles. The molecule has 0 radical (unpaired) electrons. The van der Waals surface area contributed by atoms with E-state index in [9.17, 15) is 4.79 Å². The Morgan fingerprint density at radius 3 is 3.00 bits per heavy atom. The first-order valence-corrected chi connectivity index (χ1v) is 9.05. The van der Waals surface area contributed by atoms with Gasteiger partial charge in [-0.15, -0.1) is 0 Å². The molecule has 1 amide bonds. The average Bonchev–Trinajstić information content (AvgIpc) is 3.32. The van der Waals surface area contributed by atoms with Gasteiger partial charge in [-0.3, -0.25) is 14.8 Å². The van der Waals surface area contributed by atoms with Crippen molar-refractivity contribution in [1.29, 1.82) is 0 Å². The van der Waals surface area contributed by atoms with E-state index in [4.69, 9.17) is 11.6 Å². The van der Waals surface area contributed by atoms with Crippen LogP contribution in [0.3, 0.4) is 0 Å². The number of amides is 1. The number of hydrogen-bond acceptors (Lipinski definition) is 4. The van der Waals surface area contributed by atoms with Crippen molar-refractivity contribution in [3.8, 4) is 0 Å². The summed E-state index contributed by atoms with van der Waals surface area (Å²) in [6.45, 7) is 8.35. The monoisotopic (exact) mass is 368 g/mol. The smallest absolute Gasteiger partial charge is 0.223 e. The summed E-state index contributed by atoms with van der Waals surface area (Å²) in [5.41, 5.74) is 3.85. The molecule has 28 heavy (non-hydrogen) atoms. The topological polar surface area (TPSA) is 79.1 Å². The number of likely N-dealkylation sites (tertiary alicyclic amines) is 1. The zero-order valence-corrected chi connectivity index (χ0v) is 15.0. The van der Waals surface area contributed by atoms with E-state index in [1.807, 2.05) is 35.2 Å². The van der Waals surface area contributed by atoms with Crippen molar-refractivity contribution in [2.24, 2.45) is 0 Å². The summed E-state index contributed by atoms with van der Waals surface area (Å²) in [6.07, 6.45) is 3.92. The van der Waals surface area contributed by atoms with E-state index in [-0.39, 0.29) is 11.8 Å². The molecule has 7 heteroatoms. The molecule has 1 atom stereocenters. The van der Waals surface area contributed by atoms with E-state index in [1.54, 1.807) is 18.5 Å². The summed E-state index contributed by atoms with van der Waals surface area (Å²) in [5.74, 6) is 0.895. The zero-order valence-electron chi connectivity index (χ0n) is 15.0. The molecular formula is C21H16N6O. The third-order valence-electron chi connectivity index (χ3n) is 5.13. The van der Waals surface area contributed by atoms with Gasteiger partial charge in [0.15, 0.2) is 5.69 Å². The Morgan fingerprint density at radius 1 is 1.25 bits per heavy atom. The molecule has 0 spiro atoms. The quantitative estimate of drug-likeness (QED) is 0.561. The van der Waals surface area contributed by atoms with Crippen molar-refractivity contribution in [1.82, 2.24) is 24.8 Å². The first-order chi connectivity index (χ1) is 13.7. The Bertz CT molecular complexity index is 1240. The lowest BCUT2D eigenvalue weighted by atomic mass is 10.1. The van der Waals surface area contributed by atoms with Crippen LogP contribution in [0.1, 0.15) is 23.9 Å². The second-order valence-corrected chi connectivity index (χ2v) is 6.95. The maximum Gasteiger partial charge on any atom is 0.223 e. The van der Waals surface area contributed by atoms with Crippen LogP contribution >= 0.6 is 0 Å². The largest absolute Gasteiger partial charge is 0.340 e. The molecule has 1 unspecified atom stereocenters. The number of H-pyrrole nitrogens is 1. The Kier molecular flexibility index (Phi) is 3.76. The third kappa shape index (κ3) is 2.76. The van der Waals surface area contributed by atoms with Crippen LogP contribution in [0.15, 0.2) is 48.8 Å². The first kappa shape index (κ1) is 16.4. The standard InChI is InChI=1S/C21H16N6O/c1-22-14-5-6-17-16(9-14)20-18(10-24-17)25-21(26-20)13-8-19(28)27(11-13)12-15-4-2-3-7-23-15/h2-7,9-10,13H,8,11-12H2,(H,25,26). The lowest BCUT2D eigenvalue weighted by molar-refractivity contribution is -0.128. The van der Waals surface area contributed by atoms with Gasteiger partial charge >= 0.3 is 0 Å². The van der Waals surface area contributed by atoms with Crippen LogP contribution in [0.5, 0.6) is 0 Å². The SMILES string of the molecule is [C-]#[N+]c1ccc2ncc3[nH]c(C4CC(=O)N(Cc5ccccn5)C4)nc3c2c1. The van der Waals surface area contributed by atoms with Gasteiger partial charge in [0.05, 0.1) is 41.6 Å². The van der Waals surface area contributed by atoms with Gasteiger partial charge in [0.2, 0.25) is 5.91 Å². The molecule has 7 nitrogen and oxygen atoms in total. The van der Waals surface area contributed by atoms with Crippen LogP contribution in [0.25, 0.3) is 26.8 Å². The molecule has 3 aromatic heterocycles. The maximum absolute atomic E-state index is 12.5. The Morgan fingerprint density at radius 2 is 2.18 bits per heavy atom. The van der Waals surface area contributed by atoms with Crippen LogP contribution in [0.2, 0.25) is 0 Å². The number of pyridine rings is 2. The minimum atomic E-state index is 0.00251. The Labute approximate surface area is 160 Å². The predicted molar refractivity (Wildman–Crippen MR) is 105 cm³/mol. The van der Waals surface area contributed by atoms with Gasteiger partial charge in [-0.2, -0.15) is 0 Å². The highest BCUT2D eigenvalue weighted by Gasteiger charge is 2.32. The fourth-order valence-corrected chi connectivity index (χ4v) is 3.72. The molecule has 0 bridgehead atoms. The molecular weight excluding hydrogens is 352 g/mol. The second kappa shape index (κ2) is 6.43. The van der Waals surface area contributed by atoms with Gasteiger partial charge < -0.3 is 9.88 Å². The summed E-state index contributed by atoms with van der Waals surface area (Å²) < 4.78 is 0. The second-order valence-electron chi connectivity index (χ2n) is 6.95. The van der Waals surface area contributed by atoms with Crippen molar-refractivity contribution < 1.29 is 4.79 Å². The number of aromatic nitrogens is 4. The highest BCUT2D eigenvalue weighted by Crippen LogP contribution is 2.31. The predicted octanol–water partition coefficient (Wildman–Crippen LogP) is 3.57. The molecule has 4 aromatic rings. The number of benzene rings is 1. The van der Waals surface area contributed by atoms with Crippen molar-refractivity contribution in [2.45, 2.75) is 18.9 Å². The lowest BCUT2D eigenvalue weighted by Gasteiger charge is -2.15. The Hall–Kier alpha value is -3.79. The van der Waals surface area contributed by atoms with E-state index < -0.39 is 0 Å². The lowest BCUT2D eigenvalue weighted by Crippen LogP contribution is -2.24. The summed E-state index contributed by atoms with van der Waals surface area (Å²) >= 11 is 0. The Balaban J connectivity index is 1.47. The fourth-order valence-electron chi connectivity index (χ4n) is 3.72. The van der Waals surface area contributed by atoms with Crippen LogP contribution in [-0.2, 0) is 11.3 Å². The number of nitrogens with zero attached hydrogens (tertiary/aromatic N) is 5. The van der Waals surface area contributed by atoms with Crippen LogP contribution in [0, 0.1) is 6.57 Å². The summed E-state index contributed by atoms with van der Waals surface area (Å²) in [4.78, 5) is 34.7. The number of nitrogens with one attached hydrogen (secondary N) is 1. The van der Waals surface area contributed by atoms with Crippen LogP contribution in [-0.4, -0.2) is 37.3 Å². The number of aromatic amines is 1. The minimum absolute atomic E-state index is 0.00251. The van der Waals surface area contributed by atoms with E-state index in [0.29, 0.717) is 25.2 Å². The molecule has 136 valence electrons. The molecule has 1 aliphatic heterocycles. The highest BCUT2D eigenvalue weighted by molar-refractivity contribution is 6.03. The van der Waals surface area contributed by atoms with Crippen molar-refractivity contribution >= 4 is 33.5 Å². The minimum Gasteiger partial charge on any atom is -0.340 e. The van der Waals surface area contributed by atoms with E-state index in [2.05, 4.69) is 19.8 Å². The molecule has 1 aromatic carbocycles. The number of fused-ring (bicyclic) bond motifs is 3. The van der Waals surface area contributed by atoms with Gasteiger partial charge in [0, 0.05) is 30.5 Å². The maximum atomic E-state index is 12.5. The normalized spacial score (nSPS) is 16.8. The van der Waals surface area contributed by atoms with E-state index in [0.717, 1.165) is 33.5 Å². The molecule has 5 rings (SSSR count). The number of rotatable bonds is 3. The fraction of sp³-hybridized carbons (Fsp3) is 0.190. The van der Waals surface area contributed by atoms with Crippen molar-refractivity contribution in [3.63, 3.8) is 0 Å². The van der Waals surface area contributed by atoms with Gasteiger partial charge in [-0.05, 0) is 24.3 Å². The van der Waals surface area contributed by atoms with Gasteiger partial charge in [-0.25, -0.2) is 9.83 Å². The highest BCUT2D eigenvalue weighted by atomic mass is 16.2. The summed E-state index contributed by atoms with van der Waals surface area (Å²) in [6, 6.07) is 11.1. The van der Waals surface area contributed by atoms with Crippen LogP contribution < -0.4 is 0 Å². The van der Waals surface area contributed by atoms with Crippen LogP contribution in [0.4, 0.5) is 5.69 Å². The third-order valence-corrected chi connectivity index (χ3v) is 5.13. The molecule has 0 aliphatic carbocycles. The number of carbonyl (C=O) groups is 1. The number of carbonyl (C=O) groups excluding carboxylic acids is 1. The molecule has 1 aliphatic rings. The zero-order chi connectivity index (χ0) is 19.1. The number of hydrogen-bond donors (Lipinski definition) is 1. The van der Waals surface area contributed by atoms with Gasteiger partial charge in [-0.1, -0.05) is 12.1 Å². The molecule has 1 N–H and O–H groups in total. The average molecular weight is 368 g/mol. The van der Waals surface area contributed by atoms with E-state index in [1.165, 1.54) is 0 Å². The van der Waals surface area contributed by atoms with Crippen molar-refractivity contribution in [2.75, 3.05) is 6.54 Å². The molecule has 1 saturated heterocycles. The first-order valence-electron chi connectivity index (χ1n) is 9.05. The summed E-state index contributed by atoms with van der Waals surface area (Å²) in [5, 5.41) is 0.850. The van der Waals surface area contributed by atoms with Gasteiger partial charge in [0.25, 0.3) is 0 Å². The summed E-state index contributed by atoms with van der Waals surface area (Å²) in [7, 11) is 0. The van der Waals surface area contributed by atoms with Gasteiger partial charge in [0.1, 0.15) is 5.82 Å². The molecule has 0 saturated carbocycles. The molecule has 1 fully saturated rings. The number of imidazole rings is 1. The van der Waals surface area contributed by atoms with Crippen molar-refractivity contribution in [3.05, 3.63) is 71.7 Å².